The third kappa shape index (κ3) is 4.46. The summed E-state index contributed by atoms with van der Waals surface area (Å²) in [7, 11) is 3.16. The third-order valence-electron chi connectivity index (χ3n) is 4.04. The largest absolute Gasteiger partial charge is 0.497 e. The van der Waals surface area contributed by atoms with Crippen LogP contribution in [0.2, 0.25) is 0 Å². The molecule has 0 radical (unpaired) electrons. The van der Waals surface area contributed by atoms with Gasteiger partial charge in [-0.2, -0.15) is 0 Å². The summed E-state index contributed by atoms with van der Waals surface area (Å²) >= 11 is 1.38. The highest BCUT2D eigenvalue weighted by atomic mass is 32.1. The van der Waals surface area contributed by atoms with Crippen LogP contribution in [-0.2, 0) is 22.6 Å². The summed E-state index contributed by atoms with van der Waals surface area (Å²) < 4.78 is 17.2. The van der Waals surface area contributed by atoms with Crippen molar-refractivity contribution in [3.05, 3.63) is 57.0 Å². The predicted octanol–water partition coefficient (Wildman–Crippen LogP) is 2.76. The zero-order chi connectivity index (χ0) is 19.4. The molecule has 2 heterocycles. The number of aromatic nitrogens is 2. The van der Waals surface area contributed by atoms with Crippen molar-refractivity contribution < 1.29 is 19.0 Å². The van der Waals surface area contributed by atoms with Crippen LogP contribution in [0.3, 0.4) is 0 Å². The smallest absolute Gasteiger partial charge is 0.306 e. The first kappa shape index (κ1) is 18.9. The van der Waals surface area contributed by atoms with Crippen LogP contribution in [0, 0.1) is 6.92 Å². The van der Waals surface area contributed by atoms with E-state index < -0.39 is 0 Å². The van der Waals surface area contributed by atoms with Crippen molar-refractivity contribution in [2.24, 2.45) is 0 Å². The van der Waals surface area contributed by atoms with Crippen molar-refractivity contribution in [1.29, 1.82) is 0 Å². The molecular formula is C19H20N2O5S. The fraction of sp³-hybridized carbons (Fsp3) is 0.316. The van der Waals surface area contributed by atoms with E-state index >= 15 is 0 Å². The molecule has 0 amide bonds. The number of carbonyl (C=O) groups excluding carboxylic acids is 1. The normalized spacial score (nSPS) is 10.8. The minimum atomic E-state index is -0.360. The number of rotatable bonds is 7. The van der Waals surface area contributed by atoms with Crippen molar-refractivity contribution in [2.45, 2.75) is 26.4 Å². The highest BCUT2D eigenvalue weighted by Gasteiger charge is 2.10. The molecule has 3 aromatic rings. The summed E-state index contributed by atoms with van der Waals surface area (Å²) in [5.74, 6) is 0.977. The minimum Gasteiger partial charge on any atom is -0.497 e. The average molecular weight is 388 g/mol. The average Bonchev–Trinajstić information content (AvgIpc) is 3.05. The number of nitrogens with zero attached hydrogens (tertiary/aromatic N) is 2. The molecule has 8 heteroatoms. The summed E-state index contributed by atoms with van der Waals surface area (Å²) in [5.41, 5.74) is 2.02. The number of hydrogen-bond donors (Lipinski definition) is 0. The summed E-state index contributed by atoms with van der Waals surface area (Å²) in [4.78, 5) is 29.1. The summed E-state index contributed by atoms with van der Waals surface area (Å²) in [6.45, 7) is 1.82. The Morgan fingerprint density at radius 2 is 1.85 bits per heavy atom. The molecule has 3 rings (SSSR count). The maximum atomic E-state index is 12.1. The Bertz CT molecular complexity index is 1000. The molecule has 0 unspecified atom stereocenters. The van der Waals surface area contributed by atoms with Crippen LogP contribution in [-0.4, -0.2) is 29.6 Å². The number of hydrogen-bond acceptors (Lipinski definition) is 7. The minimum absolute atomic E-state index is 0.0248. The molecule has 0 fully saturated rings. The Labute approximate surface area is 160 Å². The van der Waals surface area contributed by atoms with Crippen molar-refractivity contribution >= 4 is 22.3 Å². The van der Waals surface area contributed by atoms with Crippen LogP contribution < -0.4 is 15.0 Å². The molecule has 7 nitrogen and oxygen atoms in total. The van der Waals surface area contributed by atoms with Gasteiger partial charge in [0.05, 0.1) is 19.9 Å². The second-order valence-corrected chi connectivity index (χ2v) is 6.80. The van der Waals surface area contributed by atoms with Gasteiger partial charge in [-0.3, -0.25) is 14.0 Å². The molecule has 27 heavy (non-hydrogen) atoms. The van der Waals surface area contributed by atoms with Crippen LogP contribution in [0.1, 0.15) is 23.4 Å². The lowest BCUT2D eigenvalue weighted by atomic mass is 10.1. The molecule has 0 bridgehead atoms. The van der Waals surface area contributed by atoms with E-state index in [0.29, 0.717) is 28.6 Å². The van der Waals surface area contributed by atoms with Crippen LogP contribution in [0.15, 0.2) is 34.4 Å². The Morgan fingerprint density at radius 1 is 1.15 bits per heavy atom. The zero-order valence-electron chi connectivity index (χ0n) is 15.4. The molecule has 142 valence electrons. The van der Waals surface area contributed by atoms with Crippen molar-refractivity contribution in [3.8, 4) is 11.5 Å². The van der Waals surface area contributed by atoms with Crippen LogP contribution >= 0.6 is 11.3 Å². The maximum Gasteiger partial charge on any atom is 0.306 e. The van der Waals surface area contributed by atoms with E-state index in [1.165, 1.54) is 21.8 Å². The van der Waals surface area contributed by atoms with Gasteiger partial charge in [0.25, 0.3) is 5.56 Å². The van der Waals surface area contributed by atoms with Crippen LogP contribution in [0.4, 0.5) is 0 Å². The summed E-state index contributed by atoms with van der Waals surface area (Å²) in [5, 5.41) is 1.86. The van der Waals surface area contributed by atoms with Crippen LogP contribution in [0.5, 0.6) is 11.5 Å². The van der Waals surface area contributed by atoms with Crippen molar-refractivity contribution in [3.63, 3.8) is 0 Å². The summed E-state index contributed by atoms with van der Waals surface area (Å²) in [6, 6.07) is 6.87. The SMILES string of the molecule is COc1cc(CCC(=O)OCc2cc(=O)n3c(C)csc3n2)cc(OC)c1. The fourth-order valence-corrected chi connectivity index (χ4v) is 3.55. The number of carbonyl (C=O) groups is 1. The van der Waals surface area contributed by atoms with Gasteiger partial charge in [0, 0.05) is 29.6 Å². The number of methoxy groups -OCH3 is 2. The number of thiazole rings is 1. The first-order valence-corrected chi connectivity index (χ1v) is 9.22. The molecule has 0 saturated heterocycles. The van der Waals surface area contributed by atoms with E-state index in [9.17, 15) is 9.59 Å². The molecule has 1 aromatic carbocycles. The van der Waals surface area contributed by atoms with Gasteiger partial charge in [0.15, 0.2) is 4.96 Å². The Balaban J connectivity index is 1.59. The molecule has 0 atom stereocenters. The Kier molecular flexibility index (Phi) is 5.75. The van der Waals surface area contributed by atoms with Crippen molar-refractivity contribution in [1.82, 2.24) is 9.38 Å². The Hall–Kier alpha value is -2.87. The zero-order valence-corrected chi connectivity index (χ0v) is 16.2. The van der Waals surface area contributed by atoms with Gasteiger partial charge in [0.1, 0.15) is 18.1 Å². The molecule has 0 saturated carbocycles. The van der Waals surface area contributed by atoms with E-state index in [0.717, 1.165) is 11.3 Å². The van der Waals surface area contributed by atoms with Crippen molar-refractivity contribution in [2.75, 3.05) is 14.2 Å². The van der Waals surface area contributed by atoms with E-state index in [-0.39, 0.29) is 24.6 Å². The lowest BCUT2D eigenvalue weighted by Crippen LogP contribution is -2.16. The fourth-order valence-electron chi connectivity index (χ4n) is 2.66. The van der Waals surface area contributed by atoms with E-state index in [1.54, 1.807) is 20.3 Å². The molecule has 0 spiro atoms. The molecule has 0 aliphatic heterocycles. The monoisotopic (exact) mass is 388 g/mol. The first-order chi connectivity index (χ1) is 13.0. The number of fused-ring (bicyclic) bond motifs is 1. The molecule has 0 N–H and O–H groups in total. The number of esters is 1. The van der Waals surface area contributed by atoms with Gasteiger partial charge in [-0.1, -0.05) is 0 Å². The second kappa shape index (κ2) is 8.22. The molecule has 0 aliphatic carbocycles. The van der Waals surface area contributed by atoms with E-state index in [2.05, 4.69) is 4.98 Å². The topological polar surface area (TPSA) is 79.1 Å². The predicted molar refractivity (Wildman–Crippen MR) is 102 cm³/mol. The number of benzene rings is 1. The molecule has 0 aliphatic rings. The lowest BCUT2D eigenvalue weighted by molar-refractivity contribution is -0.145. The third-order valence-corrected chi connectivity index (χ3v) is 4.98. The van der Waals surface area contributed by atoms with E-state index in [1.807, 2.05) is 24.4 Å². The maximum absolute atomic E-state index is 12.1. The van der Waals surface area contributed by atoms with Crippen LogP contribution in [0.25, 0.3) is 4.96 Å². The highest BCUT2D eigenvalue weighted by Crippen LogP contribution is 2.23. The van der Waals surface area contributed by atoms with Gasteiger partial charge in [-0.15, -0.1) is 11.3 Å². The van der Waals surface area contributed by atoms with Gasteiger partial charge in [-0.25, -0.2) is 4.98 Å². The van der Waals surface area contributed by atoms with Gasteiger partial charge < -0.3 is 14.2 Å². The van der Waals surface area contributed by atoms with Gasteiger partial charge in [0.2, 0.25) is 0 Å². The quantitative estimate of drug-likeness (QED) is 0.579. The molecule has 2 aromatic heterocycles. The second-order valence-electron chi connectivity index (χ2n) is 5.96. The summed E-state index contributed by atoms with van der Waals surface area (Å²) in [6.07, 6.45) is 0.696. The standard InChI is InChI=1S/C19H20N2O5S/c1-12-11-27-19-20-14(8-17(22)21(12)19)10-26-18(23)5-4-13-6-15(24-2)9-16(7-13)25-3/h6-9,11H,4-5,10H2,1-3H3. The lowest BCUT2D eigenvalue weighted by Gasteiger charge is -2.08. The van der Waals surface area contributed by atoms with Gasteiger partial charge in [-0.05, 0) is 31.0 Å². The number of aryl methyl sites for hydroxylation is 2. The molecular weight excluding hydrogens is 368 g/mol. The van der Waals surface area contributed by atoms with E-state index in [4.69, 9.17) is 14.2 Å². The Morgan fingerprint density at radius 3 is 2.52 bits per heavy atom. The number of ether oxygens (including phenoxy) is 3. The van der Waals surface area contributed by atoms with Gasteiger partial charge >= 0.3 is 5.97 Å². The highest BCUT2D eigenvalue weighted by molar-refractivity contribution is 7.15. The first-order valence-electron chi connectivity index (χ1n) is 8.34.